The minimum atomic E-state index is -0.0800. The zero-order chi connectivity index (χ0) is 21.2. The average Bonchev–Trinajstić information content (AvgIpc) is 3.30. The number of benzene rings is 2. The van der Waals surface area contributed by atoms with Crippen LogP contribution in [0.15, 0.2) is 53.9 Å². The number of hydrogen-bond acceptors (Lipinski definition) is 5. The molecule has 0 aliphatic carbocycles. The fourth-order valence-electron chi connectivity index (χ4n) is 3.96. The van der Waals surface area contributed by atoms with Gasteiger partial charge in [-0.3, -0.25) is 9.36 Å². The fraction of sp³-hybridized carbons (Fsp3) is 0.304. The predicted octanol–water partition coefficient (Wildman–Crippen LogP) is 4.38. The largest absolute Gasteiger partial charge is 0.328 e. The monoisotopic (exact) mass is 432 g/mol. The summed E-state index contributed by atoms with van der Waals surface area (Å²) in [5.74, 6) is 1.33. The fourth-order valence-corrected chi connectivity index (χ4v) is 4.69. The Morgan fingerprint density at radius 1 is 1.13 bits per heavy atom. The summed E-state index contributed by atoms with van der Waals surface area (Å²) >= 11 is 1.37. The van der Waals surface area contributed by atoms with Gasteiger partial charge in [0.1, 0.15) is 12.2 Å². The number of hydrogen-bond donors (Lipinski definition) is 1. The number of nitrogens with one attached hydrogen (secondary N) is 1. The highest BCUT2D eigenvalue weighted by molar-refractivity contribution is 7.99. The highest BCUT2D eigenvalue weighted by Gasteiger charge is 2.15. The number of fused-ring (bicyclic) bond motifs is 3. The third-order valence-corrected chi connectivity index (χ3v) is 6.50. The van der Waals surface area contributed by atoms with Crippen molar-refractivity contribution in [1.82, 2.24) is 24.3 Å². The number of rotatable bonds is 5. The minimum absolute atomic E-state index is 0.0800. The first kappa shape index (κ1) is 19.8. The molecule has 1 amide bonds. The Labute approximate surface area is 184 Å². The number of carbonyl (C=O) groups excluding carboxylic acids is 1. The lowest BCUT2D eigenvalue weighted by Gasteiger charge is -2.08. The van der Waals surface area contributed by atoms with Crippen molar-refractivity contribution < 1.29 is 4.79 Å². The number of imidazole rings is 1. The molecular weight excluding hydrogens is 408 g/mol. The van der Waals surface area contributed by atoms with E-state index in [1.165, 1.54) is 36.6 Å². The lowest BCUT2D eigenvalue weighted by atomic mass is 10.2. The Morgan fingerprint density at radius 2 is 2.00 bits per heavy atom. The maximum atomic E-state index is 12.6. The van der Waals surface area contributed by atoms with Crippen LogP contribution in [0.4, 0.5) is 5.69 Å². The van der Waals surface area contributed by atoms with E-state index in [0.29, 0.717) is 5.16 Å². The molecule has 0 fully saturated rings. The summed E-state index contributed by atoms with van der Waals surface area (Å²) in [5.41, 5.74) is 5.03. The SMILES string of the molecule is Cc1ccc(-n2cnnc2SCC(=O)Nc2ccc3c(c2)nc2n3CCCCC2)cc1. The third kappa shape index (κ3) is 4.20. The molecule has 4 aromatic rings. The van der Waals surface area contributed by atoms with Crippen LogP contribution in [0.5, 0.6) is 0 Å². The molecule has 0 bridgehead atoms. The van der Waals surface area contributed by atoms with Gasteiger partial charge in [0.25, 0.3) is 0 Å². The first-order valence-electron chi connectivity index (χ1n) is 10.6. The maximum Gasteiger partial charge on any atom is 0.234 e. The second kappa shape index (κ2) is 8.55. The number of amides is 1. The molecule has 2 aromatic heterocycles. The van der Waals surface area contributed by atoms with Crippen LogP contribution >= 0.6 is 11.8 Å². The highest BCUT2D eigenvalue weighted by atomic mass is 32.2. The van der Waals surface area contributed by atoms with Gasteiger partial charge in [0.05, 0.1) is 16.8 Å². The van der Waals surface area contributed by atoms with Crippen LogP contribution in [0.25, 0.3) is 16.7 Å². The summed E-state index contributed by atoms with van der Waals surface area (Å²) in [6.45, 7) is 3.07. The summed E-state index contributed by atoms with van der Waals surface area (Å²) in [6.07, 6.45) is 6.34. The lowest BCUT2D eigenvalue weighted by Crippen LogP contribution is -2.14. The molecule has 2 aromatic carbocycles. The van der Waals surface area contributed by atoms with Crippen molar-refractivity contribution >= 4 is 34.4 Å². The van der Waals surface area contributed by atoms with Crippen LogP contribution in [0.3, 0.4) is 0 Å². The molecule has 0 saturated heterocycles. The number of thioether (sulfide) groups is 1. The summed E-state index contributed by atoms with van der Waals surface area (Å²) < 4.78 is 4.21. The summed E-state index contributed by atoms with van der Waals surface area (Å²) in [6, 6.07) is 14.1. The van der Waals surface area contributed by atoms with E-state index in [4.69, 9.17) is 4.98 Å². The van der Waals surface area contributed by atoms with Crippen molar-refractivity contribution in [1.29, 1.82) is 0 Å². The van der Waals surface area contributed by atoms with Crippen molar-refractivity contribution in [2.45, 2.75) is 44.3 Å². The number of carbonyl (C=O) groups is 1. The number of nitrogens with zero attached hydrogens (tertiary/aromatic N) is 5. The Bertz CT molecular complexity index is 1230. The molecule has 0 unspecified atom stereocenters. The number of aryl methyl sites for hydroxylation is 3. The summed E-state index contributed by atoms with van der Waals surface area (Å²) in [7, 11) is 0. The minimum Gasteiger partial charge on any atom is -0.328 e. The van der Waals surface area contributed by atoms with Gasteiger partial charge in [-0.2, -0.15) is 0 Å². The molecule has 1 aliphatic heterocycles. The molecule has 5 rings (SSSR count). The van der Waals surface area contributed by atoms with Gasteiger partial charge in [0, 0.05) is 24.3 Å². The van der Waals surface area contributed by atoms with Crippen molar-refractivity contribution in [2.24, 2.45) is 0 Å². The van der Waals surface area contributed by atoms with Crippen LogP contribution in [0.1, 0.15) is 30.7 Å². The van der Waals surface area contributed by atoms with Gasteiger partial charge < -0.3 is 9.88 Å². The van der Waals surface area contributed by atoms with Crippen molar-refractivity contribution in [2.75, 3.05) is 11.1 Å². The molecule has 0 atom stereocenters. The molecule has 158 valence electrons. The van der Waals surface area contributed by atoms with Gasteiger partial charge in [-0.15, -0.1) is 10.2 Å². The maximum absolute atomic E-state index is 12.6. The van der Waals surface area contributed by atoms with Crippen molar-refractivity contribution in [3.8, 4) is 5.69 Å². The normalized spacial score (nSPS) is 13.7. The molecule has 1 N–H and O–H groups in total. The lowest BCUT2D eigenvalue weighted by molar-refractivity contribution is -0.113. The molecule has 0 spiro atoms. The molecule has 0 radical (unpaired) electrons. The Kier molecular flexibility index (Phi) is 5.46. The number of aromatic nitrogens is 5. The van der Waals surface area contributed by atoms with Gasteiger partial charge in [-0.1, -0.05) is 35.9 Å². The van der Waals surface area contributed by atoms with Gasteiger partial charge in [0.2, 0.25) is 5.91 Å². The van der Waals surface area contributed by atoms with Gasteiger partial charge in [0.15, 0.2) is 5.16 Å². The van der Waals surface area contributed by atoms with Gasteiger partial charge in [-0.05, 0) is 50.1 Å². The van der Waals surface area contributed by atoms with E-state index in [9.17, 15) is 4.79 Å². The van der Waals surface area contributed by atoms with E-state index in [1.54, 1.807) is 6.33 Å². The first-order valence-corrected chi connectivity index (χ1v) is 11.5. The van der Waals surface area contributed by atoms with Crippen molar-refractivity contribution in [3.05, 3.63) is 60.2 Å². The molecule has 8 heteroatoms. The molecular formula is C23H24N6OS. The van der Waals surface area contributed by atoms with E-state index in [2.05, 4.69) is 26.1 Å². The summed E-state index contributed by atoms with van der Waals surface area (Å²) in [4.78, 5) is 17.4. The smallest absolute Gasteiger partial charge is 0.234 e. The van der Waals surface area contributed by atoms with Gasteiger partial charge >= 0.3 is 0 Å². The second-order valence-electron chi connectivity index (χ2n) is 7.85. The van der Waals surface area contributed by atoms with Crippen LogP contribution < -0.4 is 5.32 Å². The standard InChI is InChI=1S/C23H24N6OS/c1-16-6-9-18(10-7-16)29-15-24-27-23(29)31-14-22(30)25-17-8-11-20-19(13-17)26-21-5-3-2-4-12-28(20)21/h6-11,13,15H,2-5,12,14H2,1H3,(H,25,30). The summed E-state index contributed by atoms with van der Waals surface area (Å²) in [5, 5.41) is 11.8. The highest BCUT2D eigenvalue weighted by Crippen LogP contribution is 2.25. The molecule has 0 saturated carbocycles. The van der Waals surface area contributed by atoms with E-state index in [-0.39, 0.29) is 11.7 Å². The molecule has 1 aliphatic rings. The van der Waals surface area contributed by atoms with Crippen molar-refractivity contribution in [3.63, 3.8) is 0 Å². The first-order chi connectivity index (χ1) is 15.2. The third-order valence-electron chi connectivity index (χ3n) is 5.55. The zero-order valence-electron chi connectivity index (χ0n) is 17.4. The Hall–Kier alpha value is -3.13. The van der Waals surface area contributed by atoms with E-state index in [0.717, 1.165) is 41.2 Å². The van der Waals surface area contributed by atoms with E-state index in [1.807, 2.05) is 47.9 Å². The zero-order valence-corrected chi connectivity index (χ0v) is 18.2. The van der Waals surface area contributed by atoms with Crippen LogP contribution in [-0.4, -0.2) is 36.0 Å². The Morgan fingerprint density at radius 3 is 2.87 bits per heavy atom. The van der Waals surface area contributed by atoms with E-state index < -0.39 is 0 Å². The second-order valence-corrected chi connectivity index (χ2v) is 8.79. The molecule has 31 heavy (non-hydrogen) atoms. The van der Waals surface area contributed by atoms with Crippen LogP contribution in [0, 0.1) is 6.92 Å². The van der Waals surface area contributed by atoms with E-state index >= 15 is 0 Å². The molecule has 3 heterocycles. The average molecular weight is 433 g/mol. The van der Waals surface area contributed by atoms with Crippen LogP contribution in [0.2, 0.25) is 0 Å². The predicted molar refractivity (Wildman–Crippen MR) is 123 cm³/mol. The number of anilines is 1. The van der Waals surface area contributed by atoms with Gasteiger partial charge in [-0.25, -0.2) is 4.98 Å². The quantitative estimate of drug-likeness (QED) is 0.474. The molecule has 7 nitrogen and oxygen atoms in total. The Balaban J connectivity index is 1.26. The van der Waals surface area contributed by atoms with Crippen LogP contribution in [-0.2, 0) is 17.8 Å². The topological polar surface area (TPSA) is 77.6 Å².